The standard InChI is InChI=1S/C9H12FN3/c1-13(5-7-2-3-7)9-8(10)4-11-6-12-9/h4,6-7H,2-3,5H2,1H3. The van der Waals surface area contributed by atoms with E-state index in [0.717, 1.165) is 12.5 Å². The van der Waals surface area contributed by atoms with Crippen molar-refractivity contribution in [1.29, 1.82) is 0 Å². The van der Waals surface area contributed by atoms with Crippen molar-refractivity contribution in [2.24, 2.45) is 5.92 Å². The molecular formula is C9H12FN3. The maximum absolute atomic E-state index is 13.1. The average molecular weight is 181 g/mol. The number of aromatic nitrogens is 2. The lowest BCUT2D eigenvalue weighted by Gasteiger charge is -2.17. The van der Waals surface area contributed by atoms with E-state index in [9.17, 15) is 4.39 Å². The molecule has 3 nitrogen and oxygen atoms in total. The number of halogens is 1. The summed E-state index contributed by atoms with van der Waals surface area (Å²) in [6, 6.07) is 0. The fourth-order valence-corrected chi connectivity index (χ4v) is 1.36. The second kappa shape index (κ2) is 3.28. The van der Waals surface area contributed by atoms with Crippen LogP contribution in [0.5, 0.6) is 0 Å². The molecule has 1 saturated carbocycles. The van der Waals surface area contributed by atoms with E-state index in [4.69, 9.17) is 0 Å². The molecule has 1 heterocycles. The first-order valence-corrected chi connectivity index (χ1v) is 4.44. The third-order valence-corrected chi connectivity index (χ3v) is 2.24. The number of rotatable bonds is 3. The molecule has 0 bridgehead atoms. The van der Waals surface area contributed by atoms with Crippen LogP contribution in [-0.2, 0) is 0 Å². The Kier molecular flexibility index (Phi) is 2.12. The topological polar surface area (TPSA) is 29.0 Å². The fourth-order valence-electron chi connectivity index (χ4n) is 1.36. The largest absolute Gasteiger partial charge is 0.357 e. The van der Waals surface area contributed by atoms with Crippen molar-refractivity contribution in [3.05, 3.63) is 18.3 Å². The predicted molar refractivity (Wildman–Crippen MR) is 48.0 cm³/mol. The van der Waals surface area contributed by atoms with Gasteiger partial charge in [-0.15, -0.1) is 0 Å². The monoisotopic (exact) mass is 181 g/mol. The van der Waals surface area contributed by atoms with E-state index in [1.807, 2.05) is 11.9 Å². The molecule has 0 atom stereocenters. The zero-order valence-corrected chi connectivity index (χ0v) is 7.57. The quantitative estimate of drug-likeness (QED) is 0.707. The lowest BCUT2D eigenvalue weighted by atomic mass is 10.4. The van der Waals surface area contributed by atoms with Gasteiger partial charge in [0.05, 0.1) is 6.20 Å². The molecule has 1 aromatic rings. The summed E-state index contributed by atoms with van der Waals surface area (Å²) in [5.41, 5.74) is 0. The summed E-state index contributed by atoms with van der Waals surface area (Å²) >= 11 is 0. The summed E-state index contributed by atoms with van der Waals surface area (Å²) in [4.78, 5) is 9.36. The van der Waals surface area contributed by atoms with E-state index in [-0.39, 0.29) is 5.82 Å². The van der Waals surface area contributed by atoms with Crippen molar-refractivity contribution in [3.63, 3.8) is 0 Å². The van der Waals surface area contributed by atoms with Crippen LogP contribution < -0.4 is 4.90 Å². The van der Waals surface area contributed by atoms with Crippen LogP contribution in [0.2, 0.25) is 0 Å². The van der Waals surface area contributed by atoms with Crippen LogP contribution in [0.4, 0.5) is 10.2 Å². The molecule has 13 heavy (non-hydrogen) atoms. The minimum absolute atomic E-state index is 0.342. The Morgan fingerprint density at radius 3 is 3.00 bits per heavy atom. The molecule has 0 spiro atoms. The van der Waals surface area contributed by atoms with Crippen LogP contribution in [0.15, 0.2) is 12.5 Å². The first-order chi connectivity index (χ1) is 6.27. The van der Waals surface area contributed by atoms with Crippen molar-refractivity contribution in [2.45, 2.75) is 12.8 Å². The van der Waals surface area contributed by atoms with Gasteiger partial charge in [0.1, 0.15) is 6.33 Å². The SMILES string of the molecule is CN(CC1CC1)c1ncncc1F. The minimum Gasteiger partial charge on any atom is -0.357 e. The van der Waals surface area contributed by atoms with Gasteiger partial charge in [-0.25, -0.2) is 14.4 Å². The van der Waals surface area contributed by atoms with Crippen molar-refractivity contribution in [2.75, 3.05) is 18.5 Å². The van der Waals surface area contributed by atoms with Crippen LogP contribution in [0.25, 0.3) is 0 Å². The Labute approximate surface area is 76.6 Å². The van der Waals surface area contributed by atoms with Crippen LogP contribution >= 0.6 is 0 Å². The molecule has 1 aliphatic rings. The van der Waals surface area contributed by atoms with Gasteiger partial charge in [-0.05, 0) is 18.8 Å². The van der Waals surface area contributed by atoms with Gasteiger partial charge < -0.3 is 4.90 Å². The smallest absolute Gasteiger partial charge is 0.183 e. The molecular weight excluding hydrogens is 169 g/mol. The zero-order chi connectivity index (χ0) is 9.26. The summed E-state index contributed by atoms with van der Waals surface area (Å²) in [5.74, 6) is 0.798. The third-order valence-electron chi connectivity index (χ3n) is 2.24. The van der Waals surface area contributed by atoms with Gasteiger partial charge in [0.2, 0.25) is 0 Å². The van der Waals surface area contributed by atoms with E-state index < -0.39 is 0 Å². The van der Waals surface area contributed by atoms with Crippen LogP contribution in [0.3, 0.4) is 0 Å². The molecule has 1 fully saturated rings. The highest BCUT2D eigenvalue weighted by atomic mass is 19.1. The van der Waals surface area contributed by atoms with E-state index in [2.05, 4.69) is 9.97 Å². The van der Waals surface area contributed by atoms with E-state index >= 15 is 0 Å². The Morgan fingerprint density at radius 2 is 2.38 bits per heavy atom. The summed E-state index contributed by atoms with van der Waals surface area (Å²) in [7, 11) is 1.86. The Bertz CT molecular complexity index is 299. The number of anilines is 1. The van der Waals surface area contributed by atoms with Crippen molar-refractivity contribution in [3.8, 4) is 0 Å². The van der Waals surface area contributed by atoms with E-state index in [1.54, 1.807) is 0 Å². The summed E-state index contributed by atoms with van der Waals surface area (Å²) in [5, 5.41) is 0. The Balaban J connectivity index is 2.09. The number of hydrogen-bond donors (Lipinski definition) is 0. The van der Waals surface area contributed by atoms with Crippen molar-refractivity contribution < 1.29 is 4.39 Å². The van der Waals surface area contributed by atoms with Gasteiger partial charge in [-0.2, -0.15) is 0 Å². The zero-order valence-electron chi connectivity index (χ0n) is 7.57. The molecule has 2 rings (SSSR count). The second-order valence-electron chi connectivity index (χ2n) is 3.52. The molecule has 1 aliphatic carbocycles. The normalized spacial score (nSPS) is 15.8. The molecule has 4 heteroatoms. The van der Waals surface area contributed by atoms with Gasteiger partial charge in [-0.1, -0.05) is 0 Å². The molecule has 1 aromatic heterocycles. The van der Waals surface area contributed by atoms with Gasteiger partial charge in [0.25, 0.3) is 0 Å². The molecule has 0 amide bonds. The number of nitrogens with zero attached hydrogens (tertiary/aromatic N) is 3. The van der Waals surface area contributed by atoms with Crippen LogP contribution in [0.1, 0.15) is 12.8 Å². The molecule has 0 aromatic carbocycles. The van der Waals surface area contributed by atoms with Crippen molar-refractivity contribution >= 4 is 5.82 Å². The van der Waals surface area contributed by atoms with Crippen LogP contribution in [-0.4, -0.2) is 23.6 Å². The van der Waals surface area contributed by atoms with Gasteiger partial charge in [-0.3, -0.25) is 0 Å². The summed E-state index contributed by atoms with van der Waals surface area (Å²) in [6.07, 6.45) is 5.10. The molecule has 0 unspecified atom stereocenters. The Morgan fingerprint density at radius 1 is 1.62 bits per heavy atom. The van der Waals surface area contributed by atoms with E-state index in [1.165, 1.54) is 25.4 Å². The minimum atomic E-state index is -0.342. The Hall–Kier alpha value is -1.19. The average Bonchev–Trinajstić information content (AvgIpc) is 2.89. The maximum atomic E-state index is 13.1. The second-order valence-corrected chi connectivity index (χ2v) is 3.52. The molecule has 70 valence electrons. The molecule has 0 radical (unpaired) electrons. The summed E-state index contributed by atoms with van der Waals surface area (Å²) < 4.78 is 13.1. The highest BCUT2D eigenvalue weighted by Gasteiger charge is 2.24. The summed E-state index contributed by atoms with van der Waals surface area (Å²) in [6.45, 7) is 0.897. The lowest BCUT2D eigenvalue weighted by Crippen LogP contribution is -2.22. The first-order valence-electron chi connectivity index (χ1n) is 4.44. The molecule has 0 aliphatic heterocycles. The highest BCUT2D eigenvalue weighted by Crippen LogP contribution is 2.30. The molecule has 0 N–H and O–H groups in total. The van der Waals surface area contributed by atoms with Crippen LogP contribution in [0, 0.1) is 11.7 Å². The predicted octanol–water partition coefficient (Wildman–Crippen LogP) is 1.46. The molecule has 0 saturated heterocycles. The van der Waals surface area contributed by atoms with Gasteiger partial charge in [0.15, 0.2) is 11.6 Å². The van der Waals surface area contributed by atoms with Gasteiger partial charge >= 0.3 is 0 Å². The first kappa shape index (κ1) is 8.41. The van der Waals surface area contributed by atoms with Crippen molar-refractivity contribution in [1.82, 2.24) is 9.97 Å². The van der Waals surface area contributed by atoms with Gasteiger partial charge in [0, 0.05) is 13.6 Å². The highest BCUT2D eigenvalue weighted by molar-refractivity contribution is 5.37. The third kappa shape index (κ3) is 1.94. The number of hydrogen-bond acceptors (Lipinski definition) is 3. The van der Waals surface area contributed by atoms with E-state index in [0.29, 0.717) is 5.82 Å². The maximum Gasteiger partial charge on any atom is 0.183 e. The lowest BCUT2D eigenvalue weighted by molar-refractivity contribution is 0.604. The fraction of sp³-hybridized carbons (Fsp3) is 0.556.